The molecular formula is C16H27BClNO3. The quantitative estimate of drug-likeness (QED) is 0.777. The van der Waals surface area contributed by atoms with E-state index in [1.54, 1.807) is 0 Å². The number of halogens is 1. The Bertz CT molecular complexity index is 461. The van der Waals surface area contributed by atoms with E-state index in [4.69, 9.17) is 14.0 Å². The lowest BCUT2D eigenvalue weighted by molar-refractivity contribution is 0.00578. The van der Waals surface area contributed by atoms with E-state index < -0.39 is 0 Å². The molecule has 1 aliphatic rings. The minimum Gasteiger partial charge on any atom is -0.492 e. The van der Waals surface area contributed by atoms with Gasteiger partial charge in [-0.1, -0.05) is 12.1 Å². The van der Waals surface area contributed by atoms with Crippen molar-refractivity contribution >= 4 is 25.0 Å². The average molecular weight is 328 g/mol. The third-order valence-electron chi connectivity index (χ3n) is 4.21. The molecule has 0 spiro atoms. The standard InChI is InChI=1S/C16H26BNO3.ClH/c1-15(2)16(3,4)21-17(20-15)13-7-9-14(10-8-13)19-12-11-18(5)6;/h7-10H,11-12H2,1-6H3;1H. The first kappa shape index (κ1) is 19.3. The molecule has 124 valence electrons. The van der Waals surface area contributed by atoms with E-state index in [9.17, 15) is 0 Å². The van der Waals surface area contributed by atoms with Crippen LogP contribution in [0.15, 0.2) is 24.3 Å². The summed E-state index contributed by atoms with van der Waals surface area (Å²) in [5.41, 5.74) is 0.408. The predicted molar refractivity (Wildman–Crippen MR) is 93.5 cm³/mol. The summed E-state index contributed by atoms with van der Waals surface area (Å²) in [5.74, 6) is 0.872. The highest BCUT2D eigenvalue weighted by molar-refractivity contribution is 6.62. The van der Waals surface area contributed by atoms with E-state index in [2.05, 4.69) is 32.6 Å². The molecule has 4 nitrogen and oxygen atoms in total. The van der Waals surface area contributed by atoms with Crippen LogP contribution in [-0.4, -0.2) is 50.5 Å². The highest BCUT2D eigenvalue weighted by Crippen LogP contribution is 2.36. The topological polar surface area (TPSA) is 30.9 Å². The van der Waals surface area contributed by atoms with Gasteiger partial charge in [-0.15, -0.1) is 12.4 Å². The lowest BCUT2D eigenvalue weighted by atomic mass is 9.79. The summed E-state index contributed by atoms with van der Waals surface area (Å²) in [6.07, 6.45) is 0. The van der Waals surface area contributed by atoms with Crippen LogP contribution in [0, 0.1) is 0 Å². The Morgan fingerprint density at radius 1 is 1.00 bits per heavy atom. The van der Waals surface area contributed by atoms with Crippen LogP contribution in [0.4, 0.5) is 0 Å². The summed E-state index contributed by atoms with van der Waals surface area (Å²) in [5, 5.41) is 0. The van der Waals surface area contributed by atoms with Gasteiger partial charge in [-0.05, 0) is 59.4 Å². The molecule has 0 radical (unpaired) electrons. The minimum absolute atomic E-state index is 0. The van der Waals surface area contributed by atoms with E-state index in [0.29, 0.717) is 6.61 Å². The fourth-order valence-corrected chi connectivity index (χ4v) is 2.05. The number of rotatable bonds is 5. The maximum Gasteiger partial charge on any atom is 0.494 e. The van der Waals surface area contributed by atoms with Gasteiger partial charge in [0, 0.05) is 6.54 Å². The van der Waals surface area contributed by atoms with Gasteiger partial charge in [0.15, 0.2) is 0 Å². The summed E-state index contributed by atoms with van der Waals surface area (Å²) in [6.45, 7) is 9.83. The molecule has 6 heteroatoms. The SMILES string of the molecule is CN(C)CCOc1ccc(B2OC(C)(C)C(C)(C)O2)cc1.Cl. The van der Waals surface area contributed by atoms with Gasteiger partial charge in [0.1, 0.15) is 12.4 Å². The van der Waals surface area contributed by atoms with Crippen LogP contribution in [0.3, 0.4) is 0 Å². The smallest absolute Gasteiger partial charge is 0.492 e. The molecule has 1 aliphatic heterocycles. The molecule has 1 fully saturated rings. The fourth-order valence-electron chi connectivity index (χ4n) is 2.05. The Hall–Kier alpha value is -0.745. The highest BCUT2D eigenvalue weighted by atomic mass is 35.5. The second-order valence-corrected chi connectivity index (χ2v) is 6.81. The van der Waals surface area contributed by atoms with Gasteiger partial charge < -0.3 is 18.9 Å². The van der Waals surface area contributed by atoms with E-state index in [0.717, 1.165) is 17.8 Å². The molecule has 0 amide bonds. The third-order valence-corrected chi connectivity index (χ3v) is 4.21. The molecule has 1 saturated heterocycles. The minimum atomic E-state index is -0.314. The van der Waals surface area contributed by atoms with Crippen LogP contribution in [0.2, 0.25) is 0 Å². The lowest BCUT2D eigenvalue weighted by Crippen LogP contribution is -2.41. The molecule has 0 unspecified atom stereocenters. The van der Waals surface area contributed by atoms with Crippen LogP contribution in [-0.2, 0) is 9.31 Å². The van der Waals surface area contributed by atoms with Gasteiger partial charge >= 0.3 is 7.12 Å². The van der Waals surface area contributed by atoms with Crippen LogP contribution in [0.25, 0.3) is 0 Å². The zero-order chi connectivity index (χ0) is 15.7. The van der Waals surface area contributed by atoms with Crippen molar-refractivity contribution in [2.45, 2.75) is 38.9 Å². The van der Waals surface area contributed by atoms with Gasteiger partial charge in [-0.3, -0.25) is 0 Å². The van der Waals surface area contributed by atoms with Crippen LogP contribution < -0.4 is 10.2 Å². The molecular weight excluding hydrogens is 300 g/mol. The van der Waals surface area contributed by atoms with Crippen molar-refractivity contribution in [3.63, 3.8) is 0 Å². The zero-order valence-electron chi connectivity index (χ0n) is 14.4. The molecule has 1 heterocycles. The summed E-state index contributed by atoms with van der Waals surface area (Å²) >= 11 is 0. The zero-order valence-corrected chi connectivity index (χ0v) is 15.2. The monoisotopic (exact) mass is 327 g/mol. The first-order valence-corrected chi connectivity index (χ1v) is 7.44. The van der Waals surface area contributed by atoms with Crippen molar-refractivity contribution in [3.05, 3.63) is 24.3 Å². The highest BCUT2D eigenvalue weighted by Gasteiger charge is 2.51. The summed E-state index contributed by atoms with van der Waals surface area (Å²) in [4.78, 5) is 2.10. The molecule has 0 atom stereocenters. The molecule has 22 heavy (non-hydrogen) atoms. The van der Waals surface area contributed by atoms with Crippen molar-refractivity contribution in [1.82, 2.24) is 4.90 Å². The molecule has 0 aromatic heterocycles. The first-order valence-electron chi connectivity index (χ1n) is 7.44. The number of likely N-dealkylation sites (N-methyl/N-ethyl adjacent to an activating group) is 1. The lowest BCUT2D eigenvalue weighted by Gasteiger charge is -2.32. The summed E-state index contributed by atoms with van der Waals surface area (Å²) < 4.78 is 17.8. The Kier molecular flexibility index (Phi) is 6.33. The predicted octanol–water partition coefficient (Wildman–Crippen LogP) is 2.35. The van der Waals surface area contributed by atoms with Gasteiger partial charge in [-0.2, -0.15) is 0 Å². The largest absolute Gasteiger partial charge is 0.494 e. The Morgan fingerprint density at radius 3 is 1.95 bits per heavy atom. The number of ether oxygens (including phenoxy) is 1. The summed E-state index contributed by atoms with van der Waals surface area (Å²) in [7, 11) is 3.75. The van der Waals surface area contributed by atoms with Gasteiger partial charge in [0.25, 0.3) is 0 Å². The Labute approximate surface area is 140 Å². The van der Waals surface area contributed by atoms with Gasteiger partial charge in [0.05, 0.1) is 11.2 Å². The van der Waals surface area contributed by atoms with Gasteiger partial charge in [-0.25, -0.2) is 0 Å². The van der Waals surface area contributed by atoms with E-state index >= 15 is 0 Å². The Balaban J connectivity index is 0.00000242. The van der Waals surface area contributed by atoms with E-state index in [1.807, 2.05) is 38.4 Å². The summed E-state index contributed by atoms with van der Waals surface area (Å²) in [6, 6.07) is 7.95. The van der Waals surface area contributed by atoms with E-state index in [1.165, 1.54) is 0 Å². The molecule has 0 aliphatic carbocycles. The molecule has 2 rings (SSSR count). The molecule has 0 saturated carbocycles. The van der Waals surface area contributed by atoms with Crippen molar-refractivity contribution in [3.8, 4) is 5.75 Å². The first-order chi connectivity index (χ1) is 9.71. The molecule has 1 aromatic rings. The number of hydrogen-bond donors (Lipinski definition) is 0. The van der Waals surface area contributed by atoms with Crippen LogP contribution in [0.5, 0.6) is 5.75 Å². The number of hydrogen-bond acceptors (Lipinski definition) is 4. The molecule has 1 aromatic carbocycles. The van der Waals surface area contributed by atoms with Gasteiger partial charge in [0.2, 0.25) is 0 Å². The van der Waals surface area contributed by atoms with Crippen molar-refractivity contribution in [2.75, 3.05) is 27.2 Å². The van der Waals surface area contributed by atoms with E-state index in [-0.39, 0.29) is 30.7 Å². The average Bonchev–Trinajstić information content (AvgIpc) is 2.59. The number of nitrogens with zero attached hydrogens (tertiary/aromatic N) is 1. The van der Waals surface area contributed by atoms with Crippen molar-refractivity contribution < 1.29 is 14.0 Å². The van der Waals surface area contributed by atoms with Crippen LogP contribution in [0.1, 0.15) is 27.7 Å². The molecule has 0 bridgehead atoms. The second kappa shape index (κ2) is 7.22. The van der Waals surface area contributed by atoms with Crippen LogP contribution >= 0.6 is 12.4 Å². The maximum absolute atomic E-state index is 6.03. The van der Waals surface area contributed by atoms with Crippen molar-refractivity contribution in [2.24, 2.45) is 0 Å². The Morgan fingerprint density at radius 2 is 1.50 bits per heavy atom. The fraction of sp³-hybridized carbons (Fsp3) is 0.625. The second-order valence-electron chi connectivity index (χ2n) is 6.81. The maximum atomic E-state index is 6.03. The normalized spacial score (nSPS) is 19.1. The van der Waals surface area contributed by atoms with Crippen molar-refractivity contribution in [1.29, 1.82) is 0 Å². The number of benzene rings is 1. The molecule has 0 N–H and O–H groups in total. The third kappa shape index (κ3) is 4.38.